The third kappa shape index (κ3) is 2.04. The zero-order chi connectivity index (χ0) is 13.4. The lowest BCUT2D eigenvalue weighted by Gasteiger charge is -1.96. The minimum atomic E-state index is -0.960. The number of carboxylic acids is 1. The number of rotatable bonds is 2. The first-order chi connectivity index (χ1) is 9.15. The molecule has 0 aliphatic carbocycles. The molecule has 0 saturated carbocycles. The third-order valence-electron chi connectivity index (χ3n) is 2.73. The lowest BCUT2D eigenvalue weighted by molar-refractivity contribution is 0.0696. The van der Waals surface area contributed by atoms with Gasteiger partial charge >= 0.3 is 11.9 Å². The van der Waals surface area contributed by atoms with Gasteiger partial charge in [0.25, 0.3) is 0 Å². The molecule has 5 heteroatoms. The first-order valence-electron chi connectivity index (χ1n) is 5.51. The van der Waals surface area contributed by atoms with Crippen molar-refractivity contribution < 1.29 is 19.4 Å². The predicted molar refractivity (Wildman–Crippen MR) is 71.0 cm³/mol. The van der Waals surface area contributed by atoms with E-state index in [1.807, 2.05) is 6.07 Å². The maximum absolute atomic E-state index is 11.6. The number of carboxylic acid groups (broad SMARTS) is 1. The number of benzene rings is 1. The number of hydrogen-bond acceptors (Lipinski definition) is 4. The first kappa shape index (κ1) is 11.7. The molecule has 0 atom stereocenters. The van der Waals surface area contributed by atoms with Crippen molar-refractivity contribution in [2.75, 3.05) is 0 Å². The highest BCUT2D eigenvalue weighted by Crippen LogP contribution is 2.32. The van der Waals surface area contributed by atoms with Gasteiger partial charge in [-0.1, -0.05) is 18.2 Å². The standard InChI is InChI=1S/C14H8O4S/c15-13(16)12-6-5-8(19-12)7-11-9-3-1-2-4-10(9)14(17)18-11/h1-7H,(H,15,16). The Morgan fingerprint density at radius 1 is 1.16 bits per heavy atom. The summed E-state index contributed by atoms with van der Waals surface area (Å²) in [6.45, 7) is 0. The molecule has 3 rings (SSSR count). The van der Waals surface area contributed by atoms with E-state index < -0.39 is 5.97 Å². The van der Waals surface area contributed by atoms with Crippen LogP contribution >= 0.6 is 11.3 Å². The smallest absolute Gasteiger partial charge is 0.345 e. The summed E-state index contributed by atoms with van der Waals surface area (Å²) in [4.78, 5) is 23.4. The molecule has 0 radical (unpaired) electrons. The predicted octanol–water partition coefficient (Wildman–Crippen LogP) is 3.11. The van der Waals surface area contributed by atoms with Crippen molar-refractivity contribution in [1.82, 2.24) is 0 Å². The number of carbonyl (C=O) groups is 2. The number of fused-ring (bicyclic) bond motifs is 1. The summed E-state index contributed by atoms with van der Waals surface area (Å²) in [6.07, 6.45) is 1.68. The van der Waals surface area contributed by atoms with Crippen molar-refractivity contribution in [2.24, 2.45) is 0 Å². The fourth-order valence-corrected chi connectivity index (χ4v) is 2.65. The minimum Gasteiger partial charge on any atom is -0.477 e. The lowest BCUT2D eigenvalue weighted by atomic mass is 10.1. The van der Waals surface area contributed by atoms with Gasteiger partial charge in [0, 0.05) is 10.4 Å². The molecule has 1 aliphatic heterocycles. The van der Waals surface area contributed by atoms with Gasteiger partial charge in [0.15, 0.2) is 0 Å². The van der Waals surface area contributed by atoms with Crippen molar-refractivity contribution in [3.8, 4) is 0 Å². The minimum absolute atomic E-state index is 0.254. The SMILES string of the molecule is O=C(O)c1ccc(C=C2OC(=O)c3ccccc32)s1. The van der Waals surface area contributed by atoms with Crippen molar-refractivity contribution in [3.05, 3.63) is 57.3 Å². The van der Waals surface area contributed by atoms with Gasteiger partial charge < -0.3 is 9.84 Å². The summed E-state index contributed by atoms with van der Waals surface area (Å²) in [7, 11) is 0. The Bertz CT molecular complexity index is 712. The Labute approximate surface area is 112 Å². The molecular weight excluding hydrogens is 264 g/mol. The van der Waals surface area contributed by atoms with Crippen molar-refractivity contribution in [3.63, 3.8) is 0 Å². The highest BCUT2D eigenvalue weighted by Gasteiger charge is 2.25. The fourth-order valence-electron chi connectivity index (χ4n) is 1.87. The first-order valence-corrected chi connectivity index (χ1v) is 6.33. The average molecular weight is 272 g/mol. The quantitative estimate of drug-likeness (QED) is 0.853. The maximum atomic E-state index is 11.6. The topological polar surface area (TPSA) is 63.6 Å². The Morgan fingerprint density at radius 3 is 2.58 bits per heavy atom. The van der Waals surface area contributed by atoms with E-state index in [1.165, 1.54) is 6.07 Å². The van der Waals surface area contributed by atoms with Gasteiger partial charge in [-0.25, -0.2) is 9.59 Å². The van der Waals surface area contributed by atoms with Crippen molar-refractivity contribution in [1.29, 1.82) is 0 Å². The number of esters is 1. The van der Waals surface area contributed by atoms with E-state index >= 15 is 0 Å². The zero-order valence-electron chi connectivity index (χ0n) is 9.62. The molecule has 0 fully saturated rings. The molecule has 1 aromatic carbocycles. The van der Waals surface area contributed by atoms with Crippen LogP contribution < -0.4 is 0 Å². The van der Waals surface area contributed by atoms with Crippen molar-refractivity contribution in [2.45, 2.75) is 0 Å². The highest BCUT2D eigenvalue weighted by molar-refractivity contribution is 7.14. The van der Waals surface area contributed by atoms with E-state index in [4.69, 9.17) is 9.84 Å². The molecule has 1 aliphatic rings. The number of aromatic carboxylic acids is 1. The van der Waals surface area contributed by atoms with Gasteiger partial charge in [-0.3, -0.25) is 0 Å². The summed E-state index contributed by atoms with van der Waals surface area (Å²) in [5.74, 6) is -0.880. The monoisotopic (exact) mass is 272 g/mol. The molecule has 19 heavy (non-hydrogen) atoms. The van der Waals surface area contributed by atoms with Crippen LogP contribution in [0.15, 0.2) is 36.4 Å². The Balaban J connectivity index is 2.01. The molecular formula is C14H8O4S. The second-order valence-corrected chi connectivity index (χ2v) is 5.07. The van der Waals surface area contributed by atoms with Crippen LogP contribution in [0.25, 0.3) is 11.8 Å². The molecule has 0 bridgehead atoms. The Hall–Kier alpha value is -2.40. The van der Waals surface area contributed by atoms with Crippen LogP contribution in [0, 0.1) is 0 Å². The number of cyclic esters (lactones) is 1. The van der Waals surface area contributed by atoms with Gasteiger partial charge in [0.1, 0.15) is 10.6 Å². The average Bonchev–Trinajstić information content (AvgIpc) is 2.97. The lowest BCUT2D eigenvalue weighted by Crippen LogP contribution is -1.92. The largest absolute Gasteiger partial charge is 0.477 e. The maximum Gasteiger partial charge on any atom is 0.345 e. The normalized spacial score (nSPS) is 15.4. The highest BCUT2D eigenvalue weighted by atomic mass is 32.1. The number of hydrogen-bond donors (Lipinski definition) is 1. The number of carbonyl (C=O) groups excluding carboxylic acids is 1. The second-order valence-electron chi connectivity index (χ2n) is 3.95. The molecule has 0 amide bonds. The summed E-state index contributed by atoms with van der Waals surface area (Å²) in [5, 5.41) is 8.86. The van der Waals surface area contributed by atoms with E-state index in [-0.39, 0.29) is 10.8 Å². The molecule has 0 spiro atoms. The number of ether oxygens (including phenoxy) is 1. The fraction of sp³-hybridized carbons (Fsp3) is 0. The van der Waals surface area contributed by atoms with Gasteiger partial charge in [0.05, 0.1) is 5.56 Å². The molecule has 1 N–H and O–H groups in total. The van der Waals surface area contributed by atoms with Gasteiger partial charge in [-0.15, -0.1) is 11.3 Å². The van der Waals surface area contributed by atoms with Gasteiger partial charge in [-0.05, 0) is 24.3 Å². The summed E-state index contributed by atoms with van der Waals surface area (Å²) in [5.41, 5.74) is 1.27. The second kappa shape index (κ2) is 4.37. The van der Waals surface area contributed by atoms with Crippen LogP contribution in [-0.2, 0) is 4.74 Å². The van der Waals surface area contributed by atoms with E-state index in [0.29, 0.717) is 11.3 Å². The van der Waals surface area contributed by atoms with Gasteiger partial charge in [0.2, 0.25) is 0 Å². The summed E-state index contributed by atoms with van der Waals surface area (Å²) < 4.78 is 5.19. The van der Waals surface area contributed by atoms with Crippen LogP contribution in [0.1, 0.15) is 30.5 Å². The van der Waals surface area contributed by atoms with Crippen LogP contribution in [0.2, 0.25) is 0 Å². The van der Waals surface area contributed by atoms with E-state index in [9.17, 15) is 9.59 Å². The molecule has 0 saturated heterocycles. The Kier molecular flexibility index (Phi) is 2.68. The van der Waals surface area contributed by atoms with E-state index in [1.54, 1.807) is 30.3 Å². The van der Waals surface area contributed by atoms with Gasteiger partial charge in [-0.2, -0.15) is 0 Å². The molecule has 2 heterocycles. The third-order valence-corrected chi connectivity index (χ3v) is 3.75. The van der Waals surface area contributed by atoms with Crippen molar-refractivity contribution >= 4 is 35.1 Å². The Morgan fingerprint density at radius 2 is 1.89 bits per heavy atom. The van der Waals surface area contributed by atoms with Crippen LogP contribution in [0.4, 0.5) is 0 Å². The molecule has 4 nitrogen and oxygen atoms in total. The molecule has 1 aromatic heterocycles. The summed E-state index contributed by atoms with van der Waals surface area (Å²) >= 11 is 1.14. The van der Waals surface area contributed by atoms with E-state index in [0.717, 1.165) is 21.8 Å². The molecule has 94 valence electrons. The molecule has 0 unspecified atom stereocenters. The van der Waals surface area contributed by atoms with Crippen LogP contribution in [-0.4, -0.2) is 17.0 Å². The zero-order valence-corrected chi connectivity index (χ0v) is 10.4. The van der Waals surface area contributed by atoms with E-state index in [2.05, 4.69) is 0 Å². The van der Waals surface area contributed by atoms with Crippen LogP contribution in [0.3, 0.4) is 0 Å². The number of thiophene rings is 1. The molecule has 2 aromatic rings. The van der Waals surface area contributed by atoms with Crippen LogP contribution in [0.5, 0.6) is 0 Å². The summed E-state index contributed by atoms with van der Waals surface area (Å²) in [6, 6.07) is 10.3.